The highest BCUT2D eigenvalue weighted by atomic mass is 16.3. The Morgan fingerprint density at radius 1 is 0.432 bits per heavy atom. The van der Waals surface area contributed by atoms with Crippen LogP contribution in [0.1, 0.15) is 13.7 Å². The van der Waals surface area contributed by atoms with Crippen LogP contribution in [0.5, 0.6) is 0 Å². The van der Waals surface area contributed by atoms with Gasteiger partial charge >= 0.3 is 0 Å². The largest absolute Gasteiger partial charge is 0.456 e. The third-order valence-electron chi connectivity index (χ3n) is 7.53. The Balaban J connectivity index is 1.24. The number of benzene rings is 6. The monoisotopic (exact) mass is 575 g/mol. The fourth-order valence-electron chi connectivity index (χ4n) is 5.51. The van der Waals surface area contributed by atoms with Gasteiger partial charge in [-0.05, 0) is 42.0 Å². The minimum atomic E-state index is -0.612. The van der Waals surface area contributed by atoms with Crippen LogP contribution in [0.2, 0.25) is 0 Å². The SMILES string of the molecule is [2H]c1c([2H])c([2H])c(-c2nc(-c3ccc4oc5cc(-c6cccc7c6oc6ccccc67)ccc5c4c3)nc(-c3c([2H])c([2H])c([2H])c([2H])c3[2H])n2)c([2H])c1[2H]. The molecule has 9 rings (SSSR count). The minimum Gasteiger partial charge on any atom is -0.456 e. The van der Waals surface area contributed by atoms with Crippen LogP contribution in [0.4, 0.5) is 0 Å². The Labute approximate surface area is 266 Å². The van der Waals surface area contributed by atoms with E-state index in [-0.39, 0.29) is 28.6 Å². The minimum absolute atomic E-state index is 0.0296. The zero-order chi connectivity index (χ0) is 37.7. The zero-order valence-electron chi connectivity index (χ0n) is 32.7. The number of rotatable bonds is 4. The molecular formula is C39H23N3O2. The Morgan fingerprint density at radius 3 is 1.80 bits per heavy atom. The lowest BCUT2D eigenvalue weighted by Crippen LogP contribution is -2.00. The van der Waals surface area contributed by atoms with E-state index in [0.717, 1.165) is 38.5 Å². The van der Waals surface area contributed by atoms with Crippen LogP contribution < -0.4 is 0 Å². The third kappa shape index (κ3) is 3.98. The van der Waals surface area contributed by atoms with Gasteiger partial charge in [-0.3, -0.25) is 0 Å². The first kappa shape index (κ1) is 16.5. The van der Waals surface area contributed by atoms with Crippen LogP contribution in [-0.4, -0.2) is 15.0 Å². The van der Waals surface area contributed by atoms with Crippen molar-refractivity contribution in [3.05, 3.63) is 139 Å². The van der Waals surface area contributed by atoms with Crippen molar-refractivity contribution in [1.29, 1.82) is 0 Å². The second-order valence-electron chi connectivity index (χ2n) is 10.1. The lowest BCUT2D eigenvalue weighted by atomic mass is 10.0. The van der Waals surface area contributed by atoms with Crippen LogP contribution in [0.15, 0.2) is 148 Å². The first-order valence-corrected chi connectivity index (χ1v) is 13.7. The Hall–Kier alpha value is -6.07. The van der Waals surface area contributed by atoms with Crippen LogP contribution in [0.3, 0.4) is 0 Å². The summed E-state index contributed by atoms with van der Waals surface area (Å²) in [5, 5.41) is 3.50. The van der Waals surface area contributed by atoms with Crippen molar-refractivity contribution in [2.75, 3.05) is 0 Å². The lowest BCUT2D eigenvalue weighted by Gasteiger charge is -2.08. The molecule has 0 fully saturated rings. The molecule has 0 spiro atoms. The molecule has 0 aliphatic carbocycles. The maximum absolute atomic E-state index is 8.58. The maximum Gasteiger partial charge on any atom is 0.164 e. The van der Waals surface area contributed by atoms with E-state index in [0.29, 0.717) is 22.1 Å². The van der Waals surface area contributed by atoms with Crippen molar-refractivity contribution in [3.63, 3.8) is 0 Å². The standard InChI is InChI=1S/C39H23N3O2/c1-3-10-24(11-4-1)37-40-38(25-12-5-2-6-13-25)42-39(41-37)27-19-21-34-32(22-27)30-20-18-26(23-35(30)43-34)28-15-9-16-31-29-14-7-8-17-33(29)44-36(28)31/h1-23H/i1D,2D,3D,4D,5D,6D,10D,11D,12D,13D. The van der Waals surface area contributed by atoms with Gasteiger partial charge in [0.25, 0.3) is 0 Å². The molecule has 0 N–H and O–H groups in total. The van der Waals surface area contributed by atoms with E-state index in [1.54, 1.807) is 18.2 Å². The third-order valence-corrected chi connectivity index (χ3v) is 7.53. The predicted octanol–water partition coefficient (Wildman–Crippen LogP) is 10.3. The van der Waals surface area contributed by atoms with E-state index in [1.807, 2.05) is 60.7 Å². The van der Waals surface area contributed by atoms with E-state index < -0.39 is 60.4 Å². The zero-order valence-corrected chi connectivity index (χ0v) is 22.7. The molecular weight excluding hydrogens is 542 g/mol. The normalized spacial score (nSPS) is 14.8. The summed E-state index contributed by atoms with van der Waals surface area (Å²) in [6, 6.07) is 18.9. The molecule has 5 nitrogen and oxygen atoms in total. The smallest absolute Gasteiger partial charge is 0.164 e. The molecule has 5 heteroatoms. The molecule has 0 aliphatic rings. The van der Waals surface area contributed by atoms with Gasteiger partial charge < -0.3 is 8.83 Å². The highest BCUT2D eigenvalue weighted by Crippen LogP contribution is 2.39. The van der Waals surface area contributed by atoms with E-state index >= 15 is 0 Å². The Bertz CT molecular complexity index is 2940. The van der Waals surface area contributed by atoms with Crippen LogP contribution in [0, 0.1) is 0 Å². The molecule has 0 amide bonds. The van der Waals surface area contributed by atoms with Crippen molar-refractivity contribution >= 4 is 43.9 Å². The van der Waals surface area contributed by atoms with Gasteiger partial charge in [0.15, 0.2) is 17.5 Å². The summed E-state index contributed by atoms with van der Waals surface area (Å²) >= 11 is 0. The van der Waals surface area contributed by atoms with Gasteiger partial charge in [-0.2, -0.15) is 0 Å². The van der Waals surface area contributed by atoms with E-state index in [2.05, 4.69) is 15.0 Å². The highest BCUT2D eigenvalue weighted by molar-refractivity contribution is 6.11. The summed E-state index contributed by atoms with van der Waals surface area (Å²) in [5.74, 6) is -0.696. The first-order valence-electron chi connectivity index (χ1n) is 18.7. The van der Waals surface area contributed by atoms with Gasteiger partial charge in [0.1, 0.15) is 22.3 Å². The summed E-state index contributed by atoms with van der Waals surface area (Å²) in [5.41, 5.74) is 4.23. The number of hydrogen-bond acceptors (Lipinski definition) is 5. The van der Waals surface area contributed by atoms with Gasteiger partial charge in [-0.25, -0.2) is 15.0 Å². The van der Waals surface area contributed by atoms with Gasteiger partial charge in [0.05, 0.1) is 13.7 Å². The Kier molecular flexibility index (Phi) is 3.66. The quantitative estimate of drug-likeness (QED) is 0.209. The predicted molar refractivity (Wildman–Crippen MR) is 176 cm³/mol. The number of aromatic nitrogens is 3. The molecule has 0 radical (unpaired) electrons. The fraction of sp³-hybridized carbons (Fsp3) is 0. The second-order valence-corrected chi connectivity index (χ2v) is 10.1. The lowest BCUT2D eigenvalue weighted by molar-refractivity contribution is 0.668. The first-order chi connectivity index (χ1) is 25.9. The molecule has 0 unspecified atom stereocenters. The number of nitrogens with zero attached hydrogens (tertiary/aromatic N) is 3. The molecule has 9 aromatic rings. The molecule has 206 valence electrons. The summed E-state index contributed by atoms with van der Waals surface area (Å²) in [4.78, 5) is 13.4. The van der Waals surface area contributed by atoms with E-state index in [9.17, 15) is 0 Å². The molecule has 3 heterocycles. The van der Waals surface area contributed by atoms with Crippen molar-refractivity contribution in [3.8, 4) is 45.3 Å². The van der Waals surface area contributed by atoms with E-state index in [4.69, 9.17) is 22.5 Å². The maximum atomic E-state index is 8.58. The Morgan fingerprint density at radius 2 is 1.05 bits per heavy atom. The highest BCUT2D eigenvalue weighted by Gasteiger charge is 2.16. The van der Waals surface area contributed by atoms with E-state index in [1.165, 1.54) is 0 Å². The summed E-state index contributed by atoms with van der Waals surface area (Å²) < 4.78 is 95.9. The molecule has 0 atom stereocenters. The number of furan rings is 2. The number of para-hydroxylation sites is 2. The van der Waals surface area contributed by atoms with Crippen molar-refractivity contribution in [1.82, 2.24) is 15.0 Å². The summed E-state index contributed by atoms with van der Waals surface area (Å²) in [6.45, 7) is 0. The van der Waals surface area contributed by atoms with Crippen molar-refractivity contribution < 1.29 is 22.5 Å². The molecule has 0 saturated carbocycles. The van der Waals surface area contributed by atoms with Gasteiger partial charge in [-0.15, -0.1) is 0 Å². The van der Waals surface area contributed by atoms with Gasteiger partial charge in [0, 0.05) is 43.8 Å². The molecule has 0 bridgehead atoms. The number of hydrogen-bond donors (Lipinski definition) is 0. The topological polar surface area (TPSA) is 65.0 Å². The molecule has 0 saturated heterocycles. The summed E-state index contributed by atoms with van der Waals surface area (Å²) in [7, 11) is 0. The van der Waals surface area contributed by atoms with Crippen LogP contribution in [-0.2, 0) is 0 Å². The van der Waals surface area contributed by atoms with Gasteiger partial charge in [-0.1, -0.05) is 103 Å². The number of fused-ring (bicyclic) bond motifs is 6. The molecule has 3 aromatic heterocycles. The van der Waals surface area contributed by atoms with Crippen molar-refractivity contribution in [2.24, 2.45) is 0 Å². The molecule has 0 aliphatic heterocycles. The summed E-state index contributed by atoms with van der Waals surface area (Å²) in [6.07, 6.45) is 0. The second kappa shape index (κ2) is 9.75. The van der Waals surface area contributed by atoms with Crippen LogP contribution in [0.25, 0.3) is 89.2 Å². The average molecular weight is 576 g/mol. The molecule has 44 heavy (non-hydrogen) atoms. The molecule has 6 aromatic carbocycles. The van der Waals surface area contributed by atoms with Crippen LogP contribution >= 0.6 is 0 Å². The average Bonchev–Trinajstić information content (AvgIpc) is 3.75. The van der Waals surface area contributed by atoms with Gasteiger partial charge in [0.2, 0.25) is 0 Å². The fourth-order valence-corrected chi connectivity index (χ4v) is 5.51. The van der Waals surface area contributed by atoms with Crippen molar-refractivity contribution in [2.45, 2.75) is 0 Å².